The van der Waals surface area contributed by atoms with Crippen LogP contribution in [-0.2, 0) is 11.3 Å². The molecule has 0 aliphatic carbocycles. The maximum Gasteiger partial charge on any atom is 0.573 e. The number of pyridine rings is 1. The Morgan fingerprint density at radius 2 is 1.78 bits per heavy atom. The summed E-state index contributed by atoms with van der Waals surface area (Å²) in [5.41, 5.74) is 1.16. The fourth-order valence-corrected chi connectivity index (χ4v) is 3.59. The molecular formula is C23H28F3N3O3. The van der Waals surface area contributed by atoms with Crippen LogP contribution in [0.1, 0.15) is 50.5 Å². The third kappa shape index (κ3) is 6.12. The Balaban J connectivity index is 1.75. The molecule has 0 bridgehead atoms. The van der Waals surface area contributed by atoms with Crippen LogP contribution in [0.5, 0.6) is 5.75 Å². The SMILES string of the molecule is CC(C)(C)OC(=O)c1cnccc1CN1CN(c2ccc(OC(F)(F)F)cc2)CC1(C)C. The zero-order valence-electron chi connectivity index (χ0n) is 18.9. The Labute approximate surface area is 185 Å². The summed E-state index contributed by atoms with van der Waals surface area (Å²) in [7, 11) is 0. The zero-order valence-corrected chi connectivity index (χ0v) is 18.9. The molecule has 0 spiro atoms. The first kappa shape index (κ1) is 23.8. The van der Waals surface area contributed by atoms with E-state index in [1.54, 1.807) is 24.4 Å². The number of anilines is 1. The van der Waals surface area contributed by atoms with Crippen LogP contribution in [0.3, 0.4) is 0 Å². The fourth-order valence-electron chi connectivity index (χ4n) is 3.59. The number of hydrogen-bond acceptors (Lipinski definition) is 6. The predicted octanol–water partition coefficient (Wildman–Crippen LogP) is 4.99. The lowest BCUT2D eigenvalue weighted by Crippen LogP contribution is -2.40. The Morgan fingerprint density at radius 3 is 2.38 bits per heavy atom. The standard InChI is InChI=1S/C23H28F3N3O3/c1-21(2,3)32-20(30)19-12-27-11-10-16(19)13-29-15-28(14-22(29,4)5)17-6-8-18(9-7-17)31-23(24,25)26/h6-12H,13-15H2,1-5H3. The highest BCUT2D eigenvalue weighted by Gasteiger charge is 2.38. The predicted molar refractivity (Wildman–Crippen MR) is 114 cm³/mol. The second kappa shape index (κ2) is 8.61. The molecule has 0 amide bonds. The second-order valence-electron chi connectivity index (χ2n) is 9.43. The first-order chi connectivity index (χ1) is 14.7. The van der Waals surface area contributed by atoms with E-state index >= 15 is 0 Å². The number of rotatable bonds is 5. The van der Waals surface area contributed by atoms with Gasteiger partial charge in [0, 0.05) is 36.7 Å². The van der Waals surface area contributed by atoms with Crippen LogP contribution in [-0.4, -0.2) is 46.6 Å². The van der Waals surface area contributed by atoms with Crippen LogP contribution in [0, 0.1) is 0 Å². The van der Waals surface area contributed by atoms with Gasteiger partial charge in [-0.3, -0.25) is 9.88 Å². The number of hydrogen-bond donors (Lipinski definition) is 0. The number of alkyl halides is 3. The van der Waals surface area contributed by atoms with Gasteiger partial charge in [-0.1, -0.05) is 0 Å². The van der Waals surface area contributed by atoms with E-state index in [4.69, 9.17) is 4.74 Å². The minimum absolute atomic E-state index is 0.240. The second-order valence-corrected chi connectivity index (χ2v) is 9.43. The largest absolute Gasteiger partial charge is 0.573 e. The molecule has 0 unspecified atom stereocenters. The topological polar surface area (TPSA) is 54.9 Å². The van der Waals surface area contributed by atoms with E-state index in [-0.39, 0.29) is 11.3 Å². The van der Waals surface area contributed by atoms with Gasteiger partial charge in [-0.25, -0.2) is 4.79 Å². The number of nitrogens with zero attached hydrogens (tertiary/aromatic N) is 3. The van der Waals surface area contributed by atoms with Crippen LogP contribution >= 0.6 is 0 Å². The number of carbonyl (C=O) groups is 1. The Kier molecular flexibility index (Phi) is 6.42. The smallest absolute Gasteiger partial charge is 0.456 e. The molecule has 0 saturated carbocycles. The summed E-state index contributed by atoms with van der Waals surface area (Å²) in [4.78, 5) is 21.0. The Morgan fingerprint density at radius 1 is 1.12 bits per heavy atom. The van der Waals surface area contributed by atoms with Crippen molar-refractivity contribution in [1.82, 2.24) is 9.88 Å². The third-order valence-corrected chi connectivity index (χ3v) is 5.10. The van der Waals surface area contributed by atoms with Crippen LogP contribution in [0.4, 0.5) is 18.9 Å². The highest BCUT2D eigenvalue weighted by atomic mass is 19.4. The van der Waals surface area contributed by atoms with Gasteiger partial charge >= 0.3 is 12.3 Å². The molecule has 6 nitrogen and oxygen atoms in total. The number of aromatic nitrogens is 1. The quantitative estimate of drug-likeness (QED) is 0.597. The first-order valence-electron chi connectivity index (χ1n) is 10.3. The lowest BCUT2D eigenvalue weighted by molar-refractivity contribution is -0.274. The van der Waals surface area contributed by atoms with E-state index < -0.39 is 17.9 Å². The number of benzene rings is 1. The zero-order chi connectivity index (χ0) is 23.7. The van der Waals surface area contributed by atoms with Gasteiger partial charge < -0.3 is 14.4 Å². The lowest BCUT2D eigenvalue weighted by Gasteiger charge is -2.30. The normalized spacial score (nSPS) is 16.8. The molecule has 9 heteroatoms. The highest BCUT2D eigenvalue weighted by Crippen LogP contribution is 2.32. The van der Waals surface area contributed by atoms with Gasteiger partial charge in [0.25, 0.3) is 0 Å². The molecule has 0 N–H and O–H groups in total. The van der Waals surface area contributed by atoms with Crippen LogP contribution in [0.2, 0.25) is 0 Å². The van der Waals surface area contributed by atoms with E-state index in [1.165, 1.54) is 18.3 Å². The summed E-state index contributed by atoms with van der Waals surface area (Å²) >= 11 is 0. The fraction of sp³-hybridized carbons (Fsp3) is 0.478. The molecular weight excluding hydrogens is 423 g/mol. The molecule has 1 aliphatic rings. The summed E-state index contributed by atoms with van der Waals surface area (Å²) < 4.78 is 46.7. The maximum absolute atomic E-state index is 12.6. The average Bonchev–Trinajstić information content (AvgIpc) is 2.94. The molecule has 1 fully saturated rings. The number of halogens is 3. The minimum Gasteiger partial charge on any atom is -0.456 e. The van der Waals surface area contributed by atoms with Crippen LogP contribution in [0.25, 0.3) is 0 Å². The van der Waals surface area contributed by atoms with E-state index in [0.717, 1.165) is 11.3 Å². The summed E-state index contributed by atoms with van der Waals surface area (Å²) in [6.45, 7) is 11.3. The van der Waals surface area contributed by atoms with Crippen molar-refractivity contribution in [3.8, 4) is 5.75 Å². The Hall–Kier alpha value is -2.81. The van der Waals surface area contributed by atoms with E-state index in [2.05, 4.69) is 33.4 Å². The van der Waals surface area contributed by atoms with Gasteiger partial charge in [0.1, 0.15) is 11.4 Å². The van der Waals surface area contributed by atoms with Crippen molar-refractivity contribution in [3.63, 3.8) is 0 Å². The summed E-state index contributed by atoms with van der Waals surface area (Å²) in [6.07, 6.45) is -1.56. The molecule has 2 aromatic rings. The van der Waals surface area contributed by atoms with Crippen LogP contribution in [0.15, 0.2) is 42.7 Å². The molecule has 0 atom stereocenters. The molecule has 2 heterocycles. The third-order valence-electron chi connectivity index (χ3n) is 5.10. The van der Waals surface area contributed by atoms with Crippen LogP contribution < -0.4 is 9.64 Å². The molecule has 3 rings (SSSR count). The van der Waals surface area contributed by atoms with Gasteiger partial charge in [0.05, 0.1) is 12.2 Å². The first-order valence-corrected chi connectivity index (χ1v) is 10.3. The van der Waals surface area contributed by atoms with Crippen molar-refractivity contribution < 1.29 is 27.4 Å². The number of ether oxygens (including phenoxy) is 2. The van der Waals surface area contributed by atoms with Gasteiger partial charge in [-0.2, -0.15) is 0 Å². The van der Waals surface area contributed by atoms with E-state index in [0.29, 0.717) is 25.3 Å². The summed E-state index contributed by atoms with van der Waals surface area (Å²) in [5, 5.41) is 0. The molecule has 1 aliphatic heterocycles. The van der Waals surface area contributed by atoms with Gasteiger partial charge in [-0.15, -0.1) is 13.2 Å². The molecule has 1 saturated heterocycles. The number of esters is 1. The maximum atomic E-state index is 12.6. The lowest BCUT2D eigenvalue weighted by atomic mass is 10.0. The van der Waals surface area contributed by atoms with Gasteiger partial charge in [0.15, 0.2) is 0 Å². The molecule has 174 valence electrons. The summed E-state index contributed by atoms with van der Waals surface area (Å²) in [5.74, 6) is -0.676. The molecule has 32 heavy (non-hydrogen) atoms. The summed E-state index contributed by atoms with van der Waals surface area (Å²) in [6, 6.07) is 7.64. The minimum atomic E-state index is -4.72. The van der Waals surface area contributed by atoms with Crippen molar-refractivity contribution in [2.75, 3.05) is 18.1 Å². The average molecular weight is 451 g/mol. The molecule has 0 radical (unpaired) electrons. The Bertz CT molecular complexity index is 953. The monoisotopic (exact) mass is 451 g/mol. The van der Waals surface area contributed by atoms with Crippen molar-refractivity contribution in [1.29, 1.82) is 0 Å². The number of carbonyl (C=O) groups excluding carboxylic acids is 1. The highest BCUT2D eigenvalue weighted by molar-refractivity contribution is 5.91. The van der Waals surface area contributed by atoms with Crippen molar-refractivity contribution >= 4 is 11.7 Å². The van der Waals surface area contributed by atoms with Gasteiger partial charge in [-0.05, 0) is 70.5 Å². The molecule has 1 aromatic carbocycles. The van der Waals surface area contributed by atoms with Gasteiger partial charge in [0.2, 0.25) is 0 Å². The van der Waals surface area contributed by atoms with Crippen molar-refractivity contribution in [3.05, 3.63) is 53.9 Å². The van der Waals surface area contributed by atoms with E-state index in [1.807, 2.05) is 20.8 Å². The molecule has 1 aromatic heterocycles. The van der Waals surface area contributed by atoms with E-state index in [9.17, 15) is 18.0 Å². The van der Waals surface area contributed by atoms with Crippen molar-refractivity contribution in [2.45, 2.75) is 58.7 Å². The van der Waals surface area contributed by atoms with Crippen molar-refractivity contribution in [2.24, 2.45) is 0 Å².